The third kappa shape index (κ3) is 32.7. The summed E-state index contributed by atoms with van der Waals surface area (Å²) in [6.07, 6.45) is 11.9. The van der Waals surface area contributed by atoms with Crippen LogP contribution in [-0.4, -0.2) is 67.4 Å². The Hall–Kier alpha value is 0.790. The van der Waals surface area contributed by atoms with Crippen LogP contribution in [0.15, 0.2) is 0 Å². The Morgan fingerprint density at radius 2 is 1.27 bits per heavy atom. The van der Waals surface area contributed by atoms with Gasteiger partial charge in [-0.15, -0.1) is 0 Å². The van der Waals surface area contributed by atoms with Crippen molar-refractivity contribution in [2.45, 2.75) is 71.1 Å². The third-order valence-corrected chi connectivity index (χ3v) is 3.32. The van der Waals surface area contributed by atoms with Gasteiger partial charge in [-0.25, -0.2) is 4.18 Å². The van der Waals surface area contributed by atoms with Crippen molar-refractivity contribution >= 4 is 40.0 Å². The molecule has 4 N–H and O–H groups in total. The molecule has 0 spiro atoms. The first-order valence-electron chi connectivity index (χ1n) is 7.90. The number of aliphatic hydroxyl groups excluding tert-OH is 1. The zero-order valence-electron chi connectivity index (χ0n) is 13.3. The molecule has 0 rings (SSSR count). The molecule has 0 fully saturated rings. The summed E-state index contributed by atoms with van der Waals surface area (Å²) in [5.74, 6) is 0. The van der Waals surface area contributed by atoms with E-state index in [1.165, 1.54) is 44.9 Å². The number of unbranched alkanes of at least 4 members (excludes halogenated alkanes) is 9. The normalized spacial score (nSPS) is 10.5. The zero-order chi connectivity index (χ0) is 16.4. The molecule has 132 valence electrons. The molecule has 0 saturated heterocycles. The van der Waals surface area contributed by atoms with Crippen LogP contribution in [0.3, 0.4) is 0 Å². The van der Waals surface area contributed by atoms with Crippen LogP contribution in [0.5, 0.6) is 0 Å². The van der Waals surface area contributed by atoms with Crippen LogP contribution < -0.4 is 5.73 Å². The summed E-state index contributed by atoms with van der Waals surface area (Å²) in [6.45, 7) is 2.78. The van der Waals surface area contributed by atoms with Gasteiger partial charge in [0.05, 0.1) is 13.2 Å². The van der Waals surface area contributed by atoms with Gasteiger partial charge in [-0.1, -0.05) is 64.7 Å². The molecule has 8 heteroatoms. The SMILES string of the molecule is CCCCCCCCCCCCOS(=O)(=O)O.NCCO.[NaH]. The summed E-state index contributed by atoms with van der Waals surface area (Å²) in [7, 11) is -4.23. The third-order valence-electron chi connectivity index (χ3n) is 2.86. The van der Waals surface area contributed by atoms with Gasteiger partial charge in [0.15, 0.2) is 0 Å². The topological polar surface area (TPSA) is 110 Å². The molecule has 0 aliphatic rings. The van der Waals surface area contributed by atoms with E-state index in [4.69, 9.17) is 15.4 Å². The fraction of sp³-hybridized carbons (Fsp3) is 1.00. The second-order valence-electron chi connectivity index (χ2n) is 4.94. The molecule has 0 radical (unpaired) electrons. The Balaban J connectivity index is -0.000000640. The number of aliphatic hydroxyl groups is 1. The van der Waals surface area contributed by atoms with Gasteiger partial charge in [-0.05, 0) is 6.42 Å². The van der Waals surface area contributed by atoms with Gasteiger partial charge in [-0.3, -0.25) is 4.55 Å². The average molecular weight is 351 g/mol. The van der Waals surface area contributed by atoms with Gasteiger partial charge in [-0.2, -0.15) is 8.42 Å². The number of nitrogens with two attached hydrogens (primary N) is 1. The molecule has 0 atom stereocenters. The molecule has 0 bridgehead atoms. The number of rotatable bonds is 13. The predicted molar refractivity (Wildman–Crippen MR) is 92.6 cm³/mol. The number of hydrogen-bond acceptors (Lipinski definition) is 5. The first kappa shape index (κ1) is 27.6. The zero-order valence-corrected chi connectivity index (χ0v) is 14.1. The van der Waals surface area contributed by atoms with Crippen LogP contribution in [0.2, 0.25) is 0 Å². The minimum atomic E-state index is -4.23. The van der Waals surface area contributed by atoms with Crippen molar-refractivity contribution < 1.29 is 22.3 Å². The van der Waals surface area contributed by atoms with Crippen LogP contribution in [-0.2, 0) is 14.6 Å². The van der Waals surface area contributed by atoms with E-state index >= 15 is 0 Å². The van der Waals surface area contributed by atoms with Crippen molar-refractivity contribution in [2.24, 2.45) is 5.73 Å². The molecule has 0 aliphatic heterocycles. The second-order valence-corrected chi connectivity index (χ2v) is 6.04. The van der Waals surface area contributed by atoms with Gasteiger partial charge >= 0.3 is 40.0 Å². The van der Waals surface area contributed by atoms with E-state index < -0.39 is 10.4 Å². The number of hydrogen-bond donors (Lipinski definition) is 3. The van der Waals surface area contributed by atoms with E-state index in [2.05, 4.69) is 11.1 Å². The van der Waals surface area contributed by atoms with Gasteiger partial charge in [0, 0.05) is 6.54 Å². The molecular formula is C14H34NNaO5S. The Kier molecular flexibility index (Phi) is 27.4. The van der Waals surface area contributed by atoms with Crippen LogP contribution in [0, 0.1) is 0 Å². The molecule has 22 heavy (non-hydrogen) atoms. The molecule has 0 amide bonds. The van der Waals surface area contributed by atoms with Gasteiger partial charge in [0.2, 0.25) is 0 Å². The van der Waals surface area contributed by atoms with E-state index in [1.807, 2.05) is 0 Å². The second kappa shape index (κ2) is 21.8. The Morgan fingerprint density at radius 1 is 0.909 bits per heavy atom. The summed E-state index contributed by atoms with van der Waals surface area (Å²) in [5, 5.41) is 7.75. The first-order chi connectivity index (χ1) is 9.97. The van der Waals surface area contributed by atoms with E-state index in [-0.39, 0.29) is 42.8 Å². The fourth-order valence-electron chi connectivity index (χ4n) is 1.75. The molecule has 0 saturated carbocycles. The summed E-state index contributed by atoms with van der Waals surface area (Å²) in [5.41, 5.74) is 4.78. The van der Waals surface area contributed by atoms with E-state index in [9.17, 15) is 8.42 Å². The summed E-state index contributed by atoms with van der Waals surface area (Å²) in [6, 6.07) is 0. The molecule has 0 heterocycles. The van der Waals surface area contributed by atoms with Crippen molar-refractivity contribution in [3.63, 3.8) is 0 Å². The Morgan fingerprint density at radius 3 is 1.59 bits per heavy atom. The first-order valence-corrected chi connectivity index (χ1v) is 9.27. The fourth-order valence-corrected chi connectivity index (χ4v) is 2.08. The maximum atomic E-state index is 10.2. The quantitative estimate of drug-likeness (QED) is 0.266. The van der Waals surface area contributed by atoms with Crippen molar-refractivity contribution in [1.29, 1.82) is 0 Å². The van der Waals surface area contributed by atoms with Crippen LogP contribution in [0.4, 0.5) is 0 Å². The Bertz CT molecular complexity index is 287. The van der Waals surface area contributed by atoms with E-state index in [0.29, 0.717) is 13.0 Å². The van der Waals surface area contributed by atoms with Gasteiger partial charge < -0.3 is 10.8 Å². The van der Waals surface area contributed by atoms with Crippen LogP contribution >= 0.6 is 0 Å². The van der Waals surface area contributed by atoms with Crippen molar-refractivity contribution in [3.8, 4) is 0 Å². The molecule has 0 aromatic heterocycles. The molecule has 6 nitrogen and oxygen atoms in total. The van der Waals surface area contributed by atoms with E-state index in [1.54, 1.807) is 0 Å². The summed E-state index contributed by atoms with van der Waals surface area (Å²) >= 11 is 0. The predicted octanol–water partition coefficient (Wildman–Crippen LogP) is 2.02. The summed E-state index contributed by atoms with van der Waals surface area (Å²) in [4.78, 5) is 0. The monoisotopic (exact) mass is 351 g/mol. The van der Waals surface area contributed by atoms with Gasteiger partial charge in [0.25, 0.3) is 0 Å². The van der Waals surface area contributed by atoms with Crippen molar-refractivity contribution in [2.75, 3.05) is 19.8 Å². The van der Waals surface area contributed by atoms with Crippen molar-refractivity contribution in [1.82, 2.24) is 0 Å². The molecule has 0 aromatic carbocycles. The average Bonchev–Trinajstić information content (AvgIpc) is 2.44. The van der Waals surface area contributed by atoms with Crippen LogP contribution in [0.1, 0.15) is 71.1 Å². The molecule has 0 unspecified atom stereocenters. The molecular weight excluding hydrogens is 317 g/mol. The Labute approximate surface area is 158 Å². The minimum absolute atomic E-state index is 0. The van der Waals surface area contributed by atoms with E-state index in [0.717, 1.165) is 12.8 Å². The molecule has 0 aliphatic carbocycles. The standard InChI is InChI=1S/C12H26O4S.C2H7NO.Na.H/c1-2-3-4-5-6-7-8-9-10-11-12-16-17(13,14)15;3-1-2-4;;/h2-12H2,1H3,(H,13,14,15);4H,1-3H2;;. The van der Waals surface area contributed by atoms with Crippen LogP contribution in [0.25, 0.3) is 0 Å². The molecule has 0 aromatic rings. The van der Waals surface area contributed by atoms with Gasteiger partial charge in [0.1, 0.15) is 0 Å². The summed E-state index contributed by atoms with van der Waals surface area (Å²) < 4.78 is 33.0. The van der Waals surface area contributed by atoms with Crippen molar-refractivity contribution in [3.05, 3.63) is 0 Å². The maximum absolute atomic E-state index is 10.2.